The molecule has 1 rings (SSSR count). The molecule has 0 spiro atoms. The van der Waals surface area contributed by atoms with Crippen LogP contribution < -0.4 is 16.0 Å². The standard InChI is InChI=1S/C12H17N3O2/c1-3-4-5-6-15-12(16)7-11(8-14-15)17-9-10(2)13/h7-8,10H,5-6,9,13H2,1-2H3. The number of aryl methyl sites for hydroxylation is 1. The quantitative estimate of drug-likeness (QED) is 0.749. The van der Waals surface area contributed by atoms with E-state index in [1.807, 2.05) is 6.92 Å². The summed E-state index contributed by atoms with van der Waals surface area (Å²) in [6.45, 7) is 4.46. The minimum Gasteiger partial charge on any atom is -0.490 e. The molecule has 0 aliphatic rings. The van der Waals surface area contributed by atoms with Gasteiger partial charge >= 0.3 is 0 Å². The fourth-order valence-corrected chi connectivity index (χ4v) is 1.18. The molecular weight excluding hydrogens is 218 g/mol. The van der Waals surface area contributed by atoms with Gasteiger partial charge < -0.3 is 10.5 Å². The molecule has 0 amide bonds. The third-order valence-electron chi connectivity index (χ3n) is 1.98. The van der Waals surface area contributed by atoms with Crippen LogP contribution in [0.3, 0.4) is 0 Å². The van der Waals surface area contributed by atoms with E-state index in [1.54, 1.807) is 6.92 Å². The van der Waals surface area contributed by atoms with Gasteiger partial charge in [-0.3, -0.25) is 4.79 Å². The topological polar surface area (TPSA) is 70.1 Å². The summed E-state index contributed by atoms with van der Waals surface area (Å²) in [6, 6.07) is 1.34. The van der Waals surface area contributed by atoms with Gasteiger partial charge in [0, 0.05) is 18.5 Å². The average Bonchev–Trinajstić information content (AvgIpc) is 2.29. The Morgan fingerprint density at radius 2 is 2.41 bits per heavy atom. The second-order valence-electron chi connectivity index (χ2n) is 3.72. The molecule has 0 saturated carbocycles. The van der Waals surface area contributed by atoms with Crippen molar-refractivity contribution in [3.05, 3.63) is 22.6 Å². The molecule has 0 fully saturated rings. The molecule has 1 heterocycles. The number of aromatic nitrogens is 2. The molecule has 1 atom stereocenters. The van der Waals surface area contributed by atoms with Crippen molar-refractivity contribution in [2.45, 2.75) is 32.9 Å². The van der Waals surface area contributed by atoms with Crippen molar-refractivity contribution in [3.8, 4) is 17.6 Å². The molecule has 1 unspecified atom stereocenters. The van der Waals surface area contributed by atoms with Crippen LogP contribution in [0.5, 0.6) is 5.75 Å². The van der Waals surface area contributed by atoms with Crippen LogP contribution in [0.1, 0.15) is 20.3 Å². The predicted octanol–water partition coefficient (Wildman–Crippen LogP) is 0.383. The first-order chi connectivity index (χ1) is 8.13. The Morgan fingerprint density at radius 1 is 1.65 bits per heavy atom. The van der Waals surface area contributed by atoms with Crippen molar-refractivity contribution in [2.24, 2.45) is 5.73 Å². The average molecular weight is 235 g/mol. The molecule has 2 N–H and O–H groups in total. The van der Waals surface area contributed by atoms with E-state index in [0.717, 1.165) is 0 Å². The Hall–Kier alpha value is -1.80. The molecule has 0 aliphatic carbocycles. The zero-order valence-electron chi connectivity index (χ0n) is 10.1. The third kappa shape index (κ3) is 4.70. The van der Waals surface area contributed by atoms with Gasteiger partial charge in [0.05, 0.1) is 12.7 Å². The van der Waals surface area contributed by atoms with E-state index in [4.69, 9.17) is 10.5 Å². The maximum absolute atomic E-state index is 11.6. The Kier molecular flexibility index (Phi) is 5.24. The van der Waals surface area contributed by atoms with E-state index in [0.29, 0.717) is 25.3 Å². The second-order valence-corrected chi connectivity index (χ2v) is 3.72. The van der Waals surface area contributed by atoms with Crippen LogP contribution in [0.4, 0.5) is 0 Å². The number of nitrogens with zero attached hydrogens (tertiary/aromatic N) is 2. The van der Waals surface area contributed by atoms with E-state index >= 15 is 0 Å². The highest BCUT2D eigenvalue weighted by atomic mass is 16.5. The van der Waals surface area contributed by atoms with Crippen LogP contribution in [-0.4, -0.2) is 22.4 Å². The molecule has 1 aromatic rings. The summed E-state index contributed by atoms with van der Waals surface area (Å²) in [5.74, 6) is 6.10. The normalized spacial score (nSPS) is 11.5. The van der Waals surface area contributed by atoms with Crippen molar-refractivity contribution >= 4 is 0 Å². The molecule has 1 aromatic heterocycles. The van der Waals surface area contributed by atoms with Gasteiger partial charge in [0.25, 0.3) is 5.56 Å². The lowest BCUT2D eigenvalue weighted by Crippen LogP contribution is -2.25. The number of rotatable bonds is 5. The number of hydrogen-bond donors (Lipinski definition) is 1. The highest BCUT2D eigenvalue weighted by molar-refractivity contribution is 5.13. The van der Waals surface area contributed by atoms with Crippen molar-refractivity contribution in [1.82, 2.24) is 9.78 Å². The van der Waals surface area contributed by atoms with Crippen LogP contribution in [0.15, 0.2) is 17.1 Å². The van der Waals surface area contributed by atoms with E-state index in [-0.39, 0.29) is 11.6 Å². The van der Waals surface area contributed by atoms with Gasteiger partial charge in [-0.25, -0.2) is 4.68 Å². The summed E-state index contributed by atoms with van der Waals surface area (Å²) in [5, 5.41) is 4.00. The molecule has 0 aromatic carbocycles. The first-order valence-electron chi connectivity index (χ1n) is 5.48. The number of ether oxygens (including phenoxy) is 1. The molecule has 0 aliphatic heterocycles. The maximum Gasteiger partial charge on any atom is 0.270 e. The first kappa shape index (κ1) is 13.3. The van der Waals surface area contributed by atoms with Gasteiger partial charge in [0.15, 0.2) is 0 Å². The highest BCUT2D eigenvalue weighted by Crippen LogP contribution is 2.03. The van der Waals surface area contributed by atoms with Crippen LogP contribution >= 0.6 is 0 Å². The van der Waals surface area contributed by atoms with Gasteiger partial charge in [-0.1, -0.05) is 0 Å². The minimum absolute atomic E-state index is 0.0720. The van der Waals surface area contributed by atoms with Crippen molar-refractivity contribution in [2.75, 3.05) is 6.61 Å². The summed E-state index contributed by atoms with van der Waals surface area (Å²) in [7, 11) is 0. The van der Waals surface area contributed by atoms with Gasteiger partial charge in [-0.05, 0) is 13.8 Å². The highest BCUT2D eigenvalue weighted by Gasteiger charge is 2.01. The number of hydrogen-bond acceptors (Lipinski definition) is 4. The second kappa shape index (κ2) is 6.71. The van der Waals surface area contributed by atoms with E-state index in [1.165, 1.54) is 16.9 Å². The fraction of sp³-hybridized carbons (Fsp3) is 0.500. The van der Waals surface area contributed by atoms with Gasteiger partial charge in [0.2, 0.25) is 0 Å². The maximum atomic E-state index is 11.6. The number of nitrogens with two attached hydrogens (primary N) is 1. The van der Waals surface area contributed by atoms with Crippen molar-refractivity contribution < 1.29 is 4.74 Å². The third-order valence-corrected chi connectivity index (χ3v) is 1.98. The Balaban J connectivity index is 2.64. The Bertz CT molecular complexity index is 469. The molecule has 5 heteroatoms. The van der Waals surface area contributed by atoms with Crippen LogP contribution in [-0.2, 0) is 6.54 Å². The van der Waals surface area contributed by atoms with Gasteiger partial charge in [-0.2, -0.15) is 5.10 Å². The molecule has 0 saturated heterocycles. The largest absolute Gasteiger partial charge is 0.490 e. The monoisotopic (exact) mass is 235 g/mol. The Morgan fingerprint density at radius 3 is 3.00 bits per heavy atom. The lowest BCUT2D eigenvalue weighted by atomic mass is 10.4. The summed E-state index contributed by atoms with van der Waals surface area (Å²) in [5.41, 5.74) is 5.36. The summed E-state index contributed by atoms with van der Waals surface area (Å²) in [4.78, 5) is 11.6. The minimum atomic E-state index is -0.190. The molecule has 92 valence electrons. The van der Waals surface area contributed by atoms with E-state index in [9.17, 15) is 4.79 Å². The SMILES string of the molecule is CC#CCCn1ncc(OCC(C)N)cc1=O. The lowest BCUT2D eigenvalue weighted by Gasteiger charge is -2.08. The summed E-state index contributed by atoms with van der Waals surface area (Å²) < 4.78 is 6.66. The Labute approximate surface area is 101 Å². The van der Waals surface area contributed by atoms with Crippen LogP contribution in [0.25, 0.3) is 0 Å². The molecular formula is C12H17N3O2. The molecule has 5 nitrogen and oxygen atoms in total. The lowest BCUT2D eigenvalue weighted by molar-refractivity contribution is 0.292. The molecule has 0 radical (unpaired) electrons. The molecule has 0 bridgehead atoms. The van der Waals surface area contributed by atoms with Gasteiger partial charge in [0.1, 0.15) is 12.4 Å². The van der Waals surface area contributed by atoms with E-state index in [2.05, 4.69) is 16.9 Å². The smallest absolute Gasteiger partial charge is 0.270 e. The summed E-state index contributed by atoms with van der Waals surface area (Å²) in [6.07, 6.45) is 2.13. The zero-order chi connectivity index (χ0) is 12.7. The predicted molar refractivity (Wildman–Crippen MR) is 65.7 cm³/mol. The zero-order valence-corrected chi connectivity index (χ0v) is 10.1. The molecule has 17 heavy (non-hydrogen) atoms. The van der Waals surface area contributed by atoms with Crippen LogP contribution in [0, 0.1) is 11.8 Å². The van der Waals surface area contributed by atoms with E-state index < -0.39 is 0 Å². The first-order valence-corrected chi connectivity index (χ1v) is 5.48. The summed E-state index contributed by atoms with van der Waals surface area (Å²) >= 11 is 0. The fourth-order valence-electron chi connectivity index (χ4n) is 1.18. The van der Waals surface area contributed by atoms with Crippen molar-refractivity contribution in [1.29, 1.82) is 0 Å². The van der Waals surface area contributed by atoms with Gasteiger partial charge in [-0.15, -0.1) is 11.8 Å². The van der Waals surface area contributed by atoms with Crippen molar-refractivity contribution in [3.63, 3.8) is 0 Å². The van der Waals surface area contributed by atoms with Crippen LogP contribution in [0.2, 0.25) is 0 Å².